The van der Waals surface area contributed by atoms with Crippen molar-refractivity contribution in [3.05, 3.63) is 77.5 Å². The standard InChI is InChI=1S/C33H34N6O5/c1-18-10-22(23-15-34-20(3)35-16-23)12-24-29(19(2)40)37-38(30(18)24)17-28(41)39-26(13-33(4)14-27(33)39)31(42)36-25(32(43)44)11-21-8-6-5-7-9-21/h5-10,12,15-16,25-27H,11,13-14,17H2,1-4H3,(H,36,42)(H,43,44)/t25-,26+,27-,33+/m1/s1. The molecule has 1 saturated carbocycles. The highest BCUT2D eigenvalue weighted by Crippen LogP contribution is 2.59. The van der Waals surface area contributed by atoms with Gasteiger partial charge in [0.2, 0.25) is 11.8 Å². The van der Waals surface area contributed by atoms with E-state index in [-0.39, 0.29) is 41.8 Å². The van der Waals surface area contributed by atoms with E-state index in [1.165, 1.54) is 6.92 Å². The van der Waals surface area contributed by atoms with E-state index in [1.807, 2.05) is 56.3 Å². The van der Waals surface area contributed by atoms with Crippen molar-refractivity contribution in [1.29, 1.82) is 0 Å². The Balaban J connectivity index is 1.27. The Morgan fingerprint density at radius 3 is 2.41 bits per heavy atom. The van der Waals surface area contributed by atoms with Gasteiger partial charge in [-0.2, -0.15) is 5.10 Å². The lowest BCUT2D eigenvalue weighted by molar-refractivity contribution is -0.144. The molecule has 0 spiro atoms. The molecule has 4 atom stereocenters. The van der Waals surface area contributed by atoms with E-state index in [0.29, 0.717) is 23.1 Å². The average Bonchev–Trinajstić information content (AvgIpc) is 3.33. The molecular weight excluding hydrogens is 560 g/mol. The number of carboxylic acids is 1. The highest BCUT2D eigenvalue weighted by molar-refractivity contribution is 6.07. The van der Waals surface area contributed by atoms with Crippen LogP contribution in [0, 0.1) is 19.3 Å². The Bertz CT molecular complexity index is 1800. The number of piperidine rings is 1. The first-order valence-electron chi connectivity index (χ1n) is 14.6. The summed E-state index contributed by atoms with van der Waals surface area (Å²) in [5, 5.41) is 17.7. The molecule has 11 heteroatoms. The monoisotopic (exact) mass is 594 g/mol. The summed E-state index contributed by atoms with van der Waals surface area (Å²) in [7, 11) is 0. The molecule has 0 unspecified atom stereocenters. The number of carbonyl (C=O) groups excluding carboxylic acids is 3. The van der Waals surface area contributed by atoms with Gasteiger partial charge in [-0.3, -0.25) is 19.1 Å². The Kier molecular flexibility index (Phi) is 7.27. The SMILES string of the molecule is CC(=O)c1nn(CC(=O)N2[C@H](C(=O)N[C@H](Cc3ccccc3)C(=O)O)C[C@@]3(C)C[C@@H]23)c2c(C)cc(-c3cnc(C)nc3)cc12. The molecule has 6 rings (SSSR count). The van der Waals surface area contributed by atoms with Crippen molar-refractivity contribution in [3.63, 3.8) is 0 Å². The first kappa shape index (κ1) is 29.2. The molecule has 1 saturated heterocycles. The number of carboxylic acid groups (broad SMARTS) is 1. The fourth-order valence-electron chi connectivity index (χ4n) is 6.50. The number of aliphatic carboxylic acids is 1. The van der Waals surface area contributed by atoms with Gasteiger partial charge in [0, 0.05) is 42.7 Å². The zero-order valence-corrected chi connectivity index (χ0v) is 25.1. The molecule has 3 heterocycles. The van der Waals surface area contributed by atoms with Gasteiger partial charge in [0.05, 0.1) is 5.52 Å². The highest BCUT2D eigenvalue weighted by Gasteiger charge is 2.64. The lowest BCUT2D eigenvalue weighted by atomic mass is 10.0. The van der Waals surface area contributed by atoms with Gasteiger partial charge < -0.3 is 15.3 Å². The van der Waals surface area contributed by atoms with Crippen molar-refractivity contribution >= 4 is 34.5 Å². The number of aromatic nitrogens is 4. The van der Waals surface area contributed by atoms with Crippen LogP contribution in [0.5, 0.6) is 0 Å². The number of Topliss-reactive ketones (excluding diaryl/α,β-unsaturated/α-hetero) is 1. The van der Waals surface area contributed by atoms with E-state index in [1.54, 1.807) is 28.9 Å². The number of rotatable bonds is 9. The number of carbonyl (C=O) groups is 4. The molecule has 2 fully saturated rings. The second-order valence-corrected chi connectivity index (χ2v) is 12.3. The summed E-state index contributed by atoms with van der Waals surface area (Å²) in [6.07, 6.45) is 4.81. The van der Waals surface area contributed by atoms with Gasteiger partial charge in [-0.1, -0.05) is 37.3 Å². The predicted octanol–water partition coefficient (Wildman–Crippen LogP) is 3.50. The molecule has 2 aromatic heterocycles. The van der Waals surface area contributed by atoms with Gasteiger partial charge in [0.15, 0.2) is 5.78 Å². The maximum Gasteiger partial charge on any atom is 0.326 e. The first-order chi connectivity index (χ1) is 20.9. The smallest absolute Gasteiger partial charge is 0.326 e. The Hall–Kier alpha value is -4.93. The third kappa shape index (κ3) is 5.34. The number of ketones is 1. The topological polar surface area (TPSA) is 147 Å². The summed E-state index contributed by atoms with van der Waals surface area (Å²) in [6.45, 7) is 7.02. The second kappa shape index (κ2) is 11.0. The van der Waals surface area contributed by atoms with E-state index in [4.69, 9.17) is 0 Å². The highest BCUT2D eigenvalue weighted by atomic mass is 16.4. The molecule has 2 amide bonds. The zero-order chi connectivity index (χ0) is 31.3. The van der Waals surface area contributed by atoms with E-state index in [2.05, 4.69) is 20.4 Å². The molecule has 1 aliphatic heterocycles. The van der Waals surface area contributed by atoms with Crippen molar-refractivity contribution in [2.24, 2.45) is 5.41 Å². The van der Waals surface area contributed by atoms with Gasteiger partial charge in [-0.05, 0) is 60.9 Å². The van der Waals surface area contributed by atoms with Gasteiger partial charge in [-0.15, -0.1) is 0 Å². The molecular formula is C33H34N6O5. The van der Waals surface area contributed by atoms with Crippen LogP contribution in [0.15, 0.2) is 54.9 Å². The summed E-state index contributed by atoms with van der Waals surface area (Å²) >= 11 is 0. The average molecular weight is 595 g/mol. The normalized spacial score (nSPS) is 21.1. The van der Waals surface area contributed by atoms with Crippen molar-refractivity contribution in [2.75, 3.05) is 0 Å². The lowest BCUT2D eigenvalue weighted by Crippen LogP contribution is -2.53. The van der Waals surface area contributed by atoms with E-state index >= 15 is 0 Å². The number of nitrogens with zero attached hydrogens (tertiary/aromatic N) is 5. The van der Waals surface area contributed by atoms with Crippen LogP contribution in [0.25, 0.3) is 22.0 Å². The molecule has 4 aromatic rings. The minimum atomic E-state index is -1.14. The van der Waals surface area contributed by atoms with E-state index in [0.717, 1.165) is 28.7 Å². The van der Waals surface area contributed by atoms with Crippen LogP contribution in [0.1, 0.15) is 54.1 Å². The van der Waals surface area contributed by atoms with Gasteiger partial charge in [0.1, 0.15) is 30.1 Å². The molecule has 44 heavy (non-hydrogen) atoms. The number of likely N-dealkylation sites (tertiary alicyclic amines) is 1. The summed E-state index contributed by atoms with van der Waals surface area (Å²) in [5.74, 6) is -1.50. The molecule has 2 aliphatic rings. The van der Waals surface area contributed by atoms with Crippen molar-refractivity contribution < 1.29 is 24.3 Å². The molecule has 0 radical (unpaired) electrons. The third-order valence-electron chi connectivity index (χ3n) is 8.89. The van der Waals surface area contributed by atoms with E-state index in [9.17, 15) is 24.3 Å². The van der Waals surface area contributed by atoms with Crippen molar-refractivity contribution in [1.82, 2.24) is 30.0 Å². The maximum absolute atomic E-state index is 13.9. The largest absolute Gasteiger partial charge is 0.480 e. The maximum atomic E-state index is 13.9. The number of fused-ring (bicyclic) bond motifs is 2. The third-order valence-corrected chi connectivity index (χ3v) is 8.89. The Morgan fingerprint density at radius 2 is 1.75 bits per heavy atom. The number of benzene rings is 2. The number of hydrogen-bond donors (Lipinski definition) is 2. The van der Waals surface area contributed by atoms with Crippen molar-refractivity contribution in [3.8, 4) is 11.1 Å². The minimum absolute atomic E-state index is 0.119. The summed E-state index contributed by atoms with van der Waals surface area (Å²) in [6, 6.07) is 10.9. The second-order valence-electron chi connectivity index (χ2n) is 12.3. The summed E-state index contributed by atoms with van der Waals surface area (Å²) in [5.41, 5.74) is 3.95. The van der Waals surface area contributed by atoms with Crippen LogP contribution in [0.4, 0.5) is 0 Å². The fraction of sp³-hybridized carbons (Fsp3) is 0.364. The quantitative estimate of drug-likeness (QED) is 0.280. The minimum Gasteiger partial charge on any atom is -0.480 e. The predicted molar refractivity (Wildman–Crippen MR) is 162 cm³/mol. The number of nitrogens with one attached hydrogen (secondary N) is 1. The molecule has 226 valence electrons. The Labute approximate surface area is 254 Å². The van der Waals surface area contributed by atoms with Gasteiger partial charge >= 0.3 is 5.97 Å². The van der Waals surface area contributed by atoms with Crippen LogP contribution in [-0.4, -0.2) is 71.4 Å². The van der Waals surface area contributed by atoms with Crippen molar-refractivity contribution in [2.45, 2.75) is 71.6 Å². The molecule has 0 bridgehead atoms. The van der Waals surface area contributed by atoms with Gasteiger partial charge in [0.25, 0.3) is 0 Å². The van der Waals surface area contributed by atoms with Crippen LogP contribution in [-0.2, 0) is 27.3 Å². The number of amides is 2. The molecule has 2 N–H and O–H groups in total. The van der Waals surface area contributed by atoms with Crippen LogP contribution in [0.2, 0.25) is 0 Å². The molecule has 11 nitrogen and oxygen atoms in total. The van der Waals surface area contributed by atoms with Gasteiger partial charge in [-0.25, -0.2) is 14.8 Å². The molecule has 2 aromatic carbocycles. The summed E-state index contributed by atoms with van der Waals surface area (Å²) in [4.78, 5) is 62.3. The first-order valence-corrected chi connectivity index (χ1v) is 14.6. The fourth-order valence-corrected chi connectivity index (χ4v) is 6.50. The lowest BCUT2D eigenvalue weighted by Gasteiger charge is -2.28. The Morgan fingerprint density at radius 1 is 1.05 bits per heavy atom. The van der Waals surface area contributed by atoms with Crippen LogP contribution in [0.3, 0.4) is 0 Å². The summed E-state index contributed by atoms with van der Waals surface area (Å²) < 4.78 is 1.54. The zero-order valence-electron chi connectivity index (χ0n) is 25.1. The number of aryl methyl sites for hydroxylation is 2. The molecule has 1 aliphatic carbocycles. The van der Waals surface area contributed by atoms with Crippen LogP contribution >= 0.6 is 0 Å². The number of hydrogen-bond acceptors (Lipinski definition) is 7. The van der Waals surface area contributed by atoms with Crippen LogP contribution < -0.4 is 5.32 Å². The van der Waals surface area contributed by atoms with E-state index < -0.39 is 24.0 Å².